The fourth-order valence-electron chi connectivity index (χ4n) is 2.01. The molecule has 8 heteroatoms. The molecule has 0 unspecified atom stereocenters. The molecule has 0 N–H and O–H groups in total. The molecule has 2 aliphatic heterocycles. The molecule has 1 aromatic rings. The predicted octanol–water partition coefficient (Wildman–Crippen LogP) is 1.66. The summed E-state index contributed by atoms with van der Waals surface area (Å²) < 4.78 is 10.3. The molecule has 0 fully saturated rings. The van der Waals surface area contributed by atoms with Gasteiger partial charge in [-0.2, -0.15) is 10.1 Å². The van der Waals surface area contributed by atoms with E-state index < -0.39 is 11.9 Å². The number of fused-ring (bicyclic) bond motifs is 1. The molecule has 3 rings (SSSR count). The van der Waals surface area contributed by atoms with Gasteiger partial charge in [0.1, 0.15) is 11.3 Å². The van der Waals surface area contributed by atoms with Crippen molar-refractivity contribution in [1.29, 1.82) is 0 Å². The van der Waals surface area contributed by atoms with Crippen molar-refractivity contribution < 1.29 is 19.1 Å². The summed E-state index contributed by atoms with van der Waals surface area (Å²) in [6, 6.07) is 6.84. The van der Waals surface area contributed by atoms with E-state index >= 15 is 0 Å². The van der Waals surface area contributed by atoms with Gasteiger partial charge in [0.05, 0.1) is 18.4 Å². The number of nitrogens with zero attached hydrogens (tertiary/aromatic N) is 4. The van der Waals surface area contributed by atoms with Gasteiger partial charge in [-0.15, -0.1) is 5.11 Å². The van der Waals surface area contributed by atoms with Gasteiger partial charge in [0.25, 0.3) is 5.91 Å². The minimum absolute atomic E-state index is 0.169. The van der Waals surface area contributed by atoms with Crippen molar-refractivity contribution in [2.24, 2.45) is 20.2 Å². The number of amides is 1. The molecule has 116 valence electrons. The molecule has 1 amide bonds. The van der Waals surface area contributed by atoms with Crippen LogP contribution in [0.3, 0.4) is 0 Å². The SMILES string of the molecule is CCOC(=O)COc1ccccc1C1=NC(=O)C2=CN=NC2=N1. The van der Waals surface area contributed by atoms with Gasteiger partial charge in [-0.3, -0.25) is 4.79 Å². The number of para-hydroxylation sites is 1. The molecule has 0 spiro atoms. The topological polar surface area (TPSA) is 102 Å². The predicted molar refractivity (Wildman–Crippen MR) is 80.5 cm³/mol. The third-order valence-electron chi connectivity index (χ3n) is 3.01. The lowest BCUT2D eigenvalue weighted by atomic mass is 10.1. The monoisotopic (exact) mass is 312 g/mol. The van der Waals surface area contributed by atoms with Gasteiger partial charge < -0.3 is 9.47 Å². The van der Waals surface area contributed by atoms with E-state index in [1.165, 1.54) is 6.20 Å². The largest absolute Gasteiger partial charge is 0.481 e. The second kappa shape index (κ2) is 6.30. The van der Waals surface area contributed by atoms with E-state index in [0.717, 1.165) is 0 Å². The lowest BCUT2D eigenvalue weighted by Crippen LogP contribution is -2.19. The molecule has 0 saturated carbocycles. The Balaban J connectivity index is 1.86. The first-order valence-corrected chi connectivity index (χ1v) is 6.90. The zero-order chi connectivity index (χ0) is 16.2. The summed E-state index contributed by atoms with van der Waals surface area (Å²) in [6.45, 7) is 1.75. The normalized spacial score (nSPS) is 15.5. The summed E-state index contributed by atoms with van der Waals surface area (Å²) in [5.41, 5.74) is 0.748. The van der Waals surface area contributed by atoms with Crippen molar-refractivity contribution in [1.82, 2.24) is 0 Å². The second-order valence-electron chi connectivity index (χ2n) is 4.52. The summed E-state index contributed by atoms with van der Waals surface area (Å²) in [5, 5.41) is 7.43. The number of carbonyl (C=O) groups is 2. The van der Waals surface area contributed by atoms with Crippen LogP contribution in [0.5, 0.6) is 5.75 Å². The minimum atomic E-state index is -0.481. The summed E-state index contributed by atoms with van der Waals surface area (Å²) in [7, 11) is 0. The van der Waals surface area contributed by atoms with Crippen molar-refractivity contribution in [3.63, 3.8) is 0 Å². The average Bonchev–Trinajstić information content (AvgIpc) is 3.02. The maximum atomic E-state index is 12.0. The van der Waals surface area contributed by atoms with Crippen molar-refractivity contribution >= 4 is 23.5 Å². The Labute approximate surface area is 131 Å². The van der Waals surface area contributed by atoms with Crippen LogP contribution in [-0.4, -0.2) is 36.8 Å². The summed E-state index contributed by atoms with van der Waals surface area (Å²) in [6.07, 6.45) is 1.32. The molecule has 0 saturated heterocycles. The van der Waals surface area contributed by atoms with E-state index in [1.807, 2.05) is 0 Å². The van der Waals surface area contributed by atoms with Crippen LogP contribution in [0.25, 0.3) is 0 Å². The zero-order valence-electron chi connectivity index (χ0n) is 12.2. The van der Waals surface area contributed by atoms with E-state index in [0.29, 0.717) is 11.3 Å². The van der Waals surface area contributed by atoms with Crippen LogP contribution >= 0.6 is 0 Å². The van der Waals surface area contributed by atoms with E-state index in [4.69, 9.17) is 9.47 Å². The standard InChI is InChI=1S/C15H12N4O4/c1-2-22-12(20)8-23-11-6-4-3-5-9(11)13-17-14-10(7-16-19-14)15(21)18-13/h3-7H,2,8H2,1H3. The van der Waals surface area contributed by atoms with Crippen molar-refractivity contribution in [3.8, 4) is 5.75 Å². The highest BCUT2D eigenvalue weighted by molar-refractivity contribution is 6.31. The average molecular weight is 312 g/mol. The first-order valence-electron chi connectivity index (χ1n) is 6.90. The number of esters is 1. The molecule has 0 aromatic heterocycles. The highest BCUT2D eigenvalue weighted by atomic mass is 16.6. The van der Waals surface area contributed by atoms with E-state index in [2.05, 4.69) is 20.2 Å². The van der Waals surface area contributed by atoms with E-state index in [9.17, 15) is 9.59 Å². The number of ether oxygens (including phenoxy) is 2. The zero-order valence-corrected chi connectivity index (χ0v) is 12.2. The number of carbonyl (C=O) groups excluding carboxylic acids is 2. The number of rotatable bonds is 5. The Morgan fingerprint density at radius 3 is 2.83 bits per heavy atom. The Bertz CT molecular complexity index is 792. The van der Waals surface area contributed by atoms with Crippen LogP contribution in [0.2, 0.25) is 0 Å². The Morgan fingerprint density at radius 2 is 2.00 bits per heavy atom. The summed E-state index contributed by atoms with van der Waals surface area (Å²) >= 11 is 0. The summed E-state index contributed by atoms with van der Waals surface area (Å²) in [5.74, 6) is -0.179. The van der Waals surface area contributed by atoms with Gasteiger partial charge >= 0.3 is 5.97 Å². The number of hydrogen-bond donors (Lipinski definition) is 0. The minimum Gasteiger partial charge on any atom is -0.481 e. The number of hydrogen-bond acceptors (Lipinski definition) is 7. The number of azo groups is 1. The van der Waals surface area contributed by atoms with Crippen molar-refractivity contribution in [2.75, 3.05) is 13.2 Å². The van der Waals surface area contributed by atoms with Gasteiger partial charge in [0, 0.05) is 0 Å². The maximum Gasteiger partial charge on any atom is 0.344 e. The summed E-state index contributed by atoms with van der Waals surface area (Å²) in [4.78, 5) is 31.5. The molecule has 1 aromatic carbocycles. The van der Waals surface area contributed by atoms with Crippen LogP contribution in [0, 0.1) is 0 Å². The highest BCUT2D eigenvalue weighted by Gasteiger charge is 2.26. The fourth-order valence-corrected chi connectivity index (χ4v) is 2.01. The van der Waals surface area contributed by atoms with E-state index in [1.54, 1.807) is 31.2 Å². The van der Waals surface area contributed by atoms with E-state index in [-0.39, 0.29) is 30.5 Å². The van der Waals surface area contributed by atoms with Crippen LogP contribution in [0.15, 0.2) is 56.3 Å². The molecular formula is C15H12N4O4. The van der Waals surface area contributed by atoms with Gasteiger partial charge in [0.2, 0.25) is 0 Å². The molecule has 0 radical (unpaired) electrons. The maximum absolute atomic E-state index is 12.0. The fraction of sp³-hybridized carbons (Fsp3) is 0.200. The number of amidine groups is 2. The lowest BCUT2D eigenvalue weighted by Gasteiger charge is -2.12. The van der Waals surface area contributed by atoms with Crippen molar-refractivity contribution in [3.05, 3.63) is 41.6 Å². The molecule has 0 atom stereocenters. The lowest BCUT2D eigenvalue weighted by molar-refractivity contribution is -0.145. The number of aliphatic imine (C=N–C) groups is 2. The van der Waals surface area contributed by atoms with Gasteiger partial charge in [-0.05, 0) is 19.1 Å². The molecule has 0 aliphatic carbocycles. The second-order valence-corrected chi connectivity index (χ2v) is 4.52. The Morgan fingerprint density at radius 1 is 1.17 bits per heavy atom. The molecule has 2 heterocycles. The third-order valence-corrected chi connectivity index (χ3v) is 3.01. The van der Waals surface area contributed by atoms with Crippen LogP contribution in [-0.2, 0) is 14.3 Å². The molecule has 8 nitrogen and oxygen atoms in total. The van der Waals surface area contributed by atoms with Crippen LogP contribution in [0.4, 0.5) is 0 Å². The van der Waals surface area contributed by atoms with Crippen LogP contribution in [0.1, 0.15) is 12.5 Å². The van der Waals surface area contributed by atoms with Gasteiger partial charge in [-0.1, -0.05) is 12.1 Å². The first-order chi connectivity index (χ1) is 11.2. The van der Waals surface area contributed by atoms with Crippen molar-refractivity contribution in [2.45, 2.75) is 6.92 Å². The third kappa shape index (κ3) is 3.05. The Kier molecular flexibility index (Phi) is 4.05. The molecule has 23 heavy (non-hydrogen) atoms. The quantitative estimate of drug-likeness (QED) is 0.771. The Hall–Kier alpha value is -3.16. The number of benzene rings is 1. The molecule has 0 bridgehead atoms. The highest BCUT2D eigenvalue weighted by Crippen LogP contribution is 2.24. The van der Waals surface area contributed by atoms with Gasteiger partial charge in [-0.25, -0.2) is 9.79 Å². The smallest absolute Gasteiger partial charge is 0.344 e. The van der Waals surface area contributed by atoms with Gasteiger partial charge in [0.15, 0.2) is 18.3 Å². The molecule has 2 aliphatic rings. The first kappa shape index (κ1) is 14.8. The van der Waals surface area contributed by atoms with Crippen LogP contribution < -0.4 is 4.74 Å². The molecular weight excluding hydrogens is 300 g/mol.